The number of carbonyl (C=O) groups excluding carboxylic acids is 1. The van der Waals surface area contributed by atoms with Crippen molar-refractivity contribution in [1.29, 1.82) is 0 Å². The van der Waals surface area contributed by atoms with Gasteiger partial charge in [-0.15, -0.1) is 0 Å². The first-order chi connectivity index (χ1) is 11.0. The Labute approximate surface area is 133 Å². The molecule has 0 aliphatic carbocycles. The van der Waals surface area contributed by atoms with E-state index in [1.165, 1.54) is 9.13 Å². The highest BCUT2D eigenvalue weighted by Gasteiger charge is 2.22. The van der Waals surface area contributed by atoms with Crippen LogP contribution < -0.4 is 11.1 Å². The van der Waals surface area contributed by atoms with Gasteiger partial charge in [-0.25, -0.2) is 0 Å². The average Bonchev–Trinajstić information content (AvgIpc) is 2.56. The van der Waals surface area contributed by atoms with E-state index in [0.29, 0.717) is 17.0 Å². The molecule has 1 amide bonds. The number of aromatic nitrogens is 2. The first kappa shape index (κ1) is 15.5. The zero-order valence-corrected chi connectivity index (χ0v) is 13.5. The number of benzene rings is 1. The van der Waals surface area contributed by atoms with Gasteiger partial charge in [0.15, 0.2) is 0 Å². The monoisotopic (exact) mass is 315 g/mol. The van der Waals surface area contributed by atoms with E-state index in [2.05, 4.69) is 6.92 Å². The maximum Gasteiger partial charge on any atom is 0.317 e. The van der Waals surface area contributed by atoms with Crippen molar-refractivity contribution in [2.45, 2.75) is 26.3 Å². The number of rotatable bonds is 2. The molecule has 2 aromatic rings. The zero-order chi connectivity index (χ0) is 16.6. The standard InChI is InChI=1S/C17H21N3O3/c1-12-6-5-9-19(10-12)15(21)11-20-14-8-4-3-7-13(14)18(2)16(22)17(20)23/h3-4,7-8,12H,5-6,9-11H2,1-2H3/t12-/m0/s1. The molecule has 122 valence electrons. The van der Waals surface area contributed by atoms with E-state index in [1.807, 2.05) is 6.07 Å². The molecule has 0 N–H and O–H groups in total. The van der Waals surface area contributed by atoms with Crippen LogP contribution in [-0.4, -0.2) is 33.0 Å². The van der Waals surface area contributed by atoms with Crippen LogP contribution >= 0.6 is 0 Å². The van der Waals surface area contributed by atoms with Gasteiger partial charge in [0.2, 0.25) is 5.91 Å². The Balaban J connectivity index is 2.02. The third-order valence-electron chi connectivity index (χ3n) is 4.57. The number of para-hydroxylation sites is 2. The highest BCUT2D eigenvalue weighted by Crippen LogP contribution is 2.16. The second kappa shape index (κ2) is 6.02. The van der Waals surface area contributed by atoms with Crippen LogP contribution in [0, 0.1) is 5.92 Å². The summed E-state index contributed by atoms with van der Waals surface area (Å²) >= 11 is 0. The van der Waals surface area contributed by atoms with Gasteiger partial charge in [0, 0.05) is 20.1 Å². The van der Waals surface area contributed by atoms with Crippen molar-refractivity contribution in [2.24, 2.45) is 13.0 Å². The first-order valence-corrected chi connectivity index (χ1v) is 7.95. The summed E-state index contributed by atoms with van der Waals surface area (Å²) in [5.74, 6) is 0.377. The van der Waals surface area contributed by atoms with Gasteiger partial charge in [0.05, 0.1) is 11.0 Å². The summed E-state index contributed by atoms with van der Waals surface area (Å²) in [7, 11) is 1.57. The summed E-state index contributed by atoms with van der Waals surface area (Å²) in [6, 6.07) is 7.16. The van der Waals surface area contributed by atoms with E-state index in [9.17, 15) is 14.4 Å². The smallest absolute Gasteiger partial charge is 0.317 e. The van der Waals surface area contributed by atoms with Gasteiger partial charge >= 0.3 is 11.1 Å². The summed E-state index contributed by atoms with van der Waals surface area (Å²) < 4.78 is 2.64. The summed E-state index contributed by atoms with van der Waals surface area (Å²) in [5, 5.41) is 0. The number of likely N-dealkylation sites (tertiary alicyclic amines) is 1. The van der Waals surface area contributed by atoms with Gasteiger partial charge in [-0.3, -0.25) is 19.0 Å². The van der Waals surface area contributed by atoms with Gasteiger partial charge in [0.1, 0.15) is 6.54 Å². The minimum atomic E-state index is -0.649. The lowest BCUT2D eigenvalue weighted by Gasteiger charge is -2.31. The molecule has 1 aromatic carbocycles. The fourth-order valence-electron chi connectivity index (χ4n) is 3.26. The lowest BCUT2D eigenvalue weighted by molar-refractivity contribution is -0.133. The Morgan fingerprint density at radius 3 is 2.57 bits per heavy atom. The molecule has 23 heavy (non-hydrogen) atoms. The number of piperidine rings is 1. The lowest BCUT2D eigenvalue weighted by atomic mass is 10.0. The topological polar surface area (TPSA) is 64.3 Å². The minimum absolute atomic E-state index is 0.0812. The number of amides is 1. The predicted molar refractivity (Wildman–Crippen MR) is 88.4 cm³/mol. The molecule has 1 saturated heterocycles. The average molecular weight is 315 g/mol. The quantitative estimate of drug-likeness (QED) is 0.775. The third kappa shape index (κ3) is 2.81. The first-order valence-electron chi connectivity index (χ1n) is 7.95. The molecule has 1 aliphatic heterocycles. The lowest BCUT2D eigenvalue weighted by Crippen LogP contribution is -2.46. The van der Waals surface area contributed by atoms with Crippen LogP contribution in [0.1, 0.15) is 19.8 Å². The van der Waals surface area contributed by atoms with Crippen molar-refractivity contribution in [1.82, 2.24) is 14.0 Å². The highest BCUT2D eigenvalue weighted by atomic mass is 16.2. The van der Waals surface area contributed by atoms with Crippen molar-refractivity contribution in [2.75, 3.05) is 13.1 Å². The molecule has 1 aliphatic rings. The van der Waals surface area contributed by atoms with E-state index in [4.69, 9.17) is 0 Å². The van der Waals surface area contributed by atoms with Gasteiger partial charge < -0.3 is 9.47 Å². The van der Waals surface area contributed by atoms with Crippen LogP contribution in [0.3, 0.4) is 0 Å². The normalized spacial score (nSPS) is 18.3. The molecule has 2 heterocycles. The maximum absolute atomic E-state index is 12.6. The molecule has 1 atom stereocenters. The zero-order valence-electron chi connectivity index (χ0n) is 13.5. The van der Waals surface area contributed by atoms with Gasteiger partial charge in [-0.1, -0.05) is 19.1 Å². The maximum atomic E-state index is 12.6. The Morgan fingerprint density at radius 2 is 1.87 bits per heavy atom. The van der Waals surface area contributed by atoms with Crippen molar-refractivity contribution in [3.63, 3.8) is 0 Å². The molecule has 0 unspecified atom stereocenters. The fraction of sp³-hybridized carbons (Fsp3) is 0.471. The highest BCUT2D eigenvalue weighted by molar-refractivity contribution is 5.80. The Morgan fingerprint density at radius 1 is 1.17 bits per heavy atom. The third-order valence-corrected chi connectivity index (χ3v) is 4.57. The van der Waals surface area contributed by atoms with Crippen LogP contribution in [0.2, 0.25) is 0 Å². The molecule has 6 nitrogen and oxygen atoms in total. The van der Waals surface area contributed by atoms with Crippen molar-refractivity contribution >= 4 is 16.9 Å². The van der Waals surface area contributed by atoms with Crippen LogP contribution in [0.15, 0.2) is 33.9 Å². The van der Waals surface area contributed by atoms with E-state index in [1.54, 1.807) is 30.1 Å². The summed E-state index contributed by atoms with van der Waals surface area (Å²) in [5.41, 5.74) is 0.00282. The van der Waals surface area contributed by atoms with Crippen LogP contribution in [0.4, 0.5) is 0 Å². The Hall–Kier alpha value is -2.37. The number of carbonyl (C=O) groups is 1. The summed E-state index contributed by atoms with van der Waals surface area (Å²) in [6.07, 6.45) is 2.11. The van der Waals surface area contributed by atoms with Crippen LogP contribution in [0.5, 0.6) is 0 Å². The van der Waals surface area contributed by atoms with E-state index < -0.39 is 11.1 Å². The van der Waals surface area contributed by atoms with Gasteiger partial charge in [0.25, 0.3) is 0 Å². The number of fused-ring (bicyclic) bond motifs is 1. The molecule has 0 radical (unpaired) electrons. The van der Waals surface area contributed by atoms with E-state index >= 15 is 0 Å². The van der Waals surface area contributed by atoms with Crippen molar-refractivity contribution < 1.29 is 4.79 Å². The Kier molecular flexibility index (Phi) is 4.07. The second-order valence-electron chi connectivity index (χ2n) is 6.33. The number of hydrogen-bond acceptors (Lipinski definition) is 3. The molecule has 1 aromatic heterocycles. The minimum Gasteiger partial charge on any atom is -0.341 e. The van der Waals surface area contributed by atoms with Crippen molar-refractivity contribution in [3.8, 4) is 0 Å². The number of nitrogens with zero attached hydrogens (tertiary/aromatic N) is 3. The fourth-order valence-corrected chi connectivity index (χ4v) is 3.26. The Bertz CT molecular complexity index is 865. The summed E-state index contributed by atoms with van der Waals surface area (Å²) in [4.78, 5) is 38.8. The molecule has 0 saturated carbocycles. The molecule has 3 rings (SSSR count). The molecule has 6 heteroatoms. The number of aryl methyl sites for hydroxylation is 1. The largest absolute Gasteiger partial charge is 0.341 e. The molecule has 0 bridgehead atoms. The number of hydrogen-bond donors (Lipinski definition) is 0. The molecular formula is C17H21N3O3. The van der Waals surface area contributed by atoms with E-state index in [-0.39, 0.29) is 12.5 Å². The molecular weight excluding hydrogens is 294 g/mol. The predicted octanol–water partition coefficient (Wildman–Crippen LogP) is 0.959. The molecule has 0 spiro atoms. The van der Waals surface area contributed by atoms with Gasteiger partial charge in [-0.05, 0) is 30.9 Å². The summed E-state index contributed by atoms with van der Waals surface area (Å²) in [6.45, 7) is 3.48. The van der Waals surface area contributed by atoms with Crippen molar-refractivity contribution in [3.05, 3.63) is 45.0 Å². The SMILES string of the molecule is C[C@H]1CCCN(C(=O)Cn2c(=O)c(=O)n(C)c3ccccc32)C1. The van der Waals surface area contributed by atoms with Gasteiger partial charge in [-0.2, -0.15) is 0 Å². The molecule has 1 fully saturated rings. The van der Waals surface area contributed by atoms with Crippen LogP contribution in [-0.2, 0) is 18.4 Å². The van der Waals surface area contributed by atoms with E-state index in [0.717, 1.165) is 25.9 Å². The second-order valence-corrected chi connectivity index (χ2v) is 6.33. The van der Waals surface area contributed by atoms with Crippen LogP contribution in [0.25, 0.3) is 11.0 Å².